The maximum absolute atomic E-state index is 12.7. The molecule has 21 heavy (non-hydrogen) atoms. The highest BCUT2D eigenvalue weighted by Crippen LogP contribution is 2.34. The van der Waals surface area contributed by atoms with E-state index in [0.717, 1.165) is 17.3 Å². The summed E-state index contributed by atoms with van der Waals surface area (Å²) in [5.41, 5.74) is 7.64. The van der Waals surface area contributed by atoms with Gasteiger partial charge in [0, 0.05) is 18.4 Å². The minimum atomic E-state index is -4.42. The van der Waals surface area contributed by atoms with Crippen molar-refractivity contribution in [1.29, 1.82) is 0 Å². The predicted octanol–water partition coefficient (Wildman–Crippen LogP) is 3.35. The average molecular weight is 296 g/mol. The van der Waals surface area contributed by atoms with Crippen LogP contribution >= 0.6 is 0 Å². The van der Waals surface area contributed by atoms with E-state index in [1.807, 2.05) is 25.1 Å². The Morgan fingerprint density at radius 2 is 2.14 bits per heavy atom. The number of aryl methyl sites for hydroxylation is 2. The summed E-state index contributed by atoms with van der Waals surface area (Å²) in [5, 5.41) is 3.05. The molecule has 0 radical (unpaired) electrons. The van der Waals surface area contributed by atoms with Crippen LogP contribution in [-0.4, -0.2) is 9.55 Å². The van der Waals surface area contributed by atoms with Crippen LogP contribution in [0.15, 0.2) is 24.4 Å². The summed E-state index contributed by atoms with van der Waals surface area (Å²) in [4.78, 5) is 3.63. The fourth-order valence-electron chi connectivity index (χ4n) is 2.46. The van der Waals surface area contributed by atoms with E-state index >= 15 is 0 Å². The summed E-state index contributed by atoms with van der Waals surface area (Å²) in [6.07, 6.45) is -2.69. The molecule has 0 spiro atoms. The Morgan fingerprint density at radius 3 is 2.81 bits per heavy atom. The van der Waals surface area contributed by atoms with E-state index in [2.05, 4.69) is 10.3 Å². The number of aromatic nitrogens is 2. The Labute approximate surface area is 119 Å². The summed E-state index contributed by atoms with van der Waals surface area (Å²) < 4.78 is 39.5. The highest BCUT2D eigenvalue weighted by molar-refractivity contribution is 5.50. The number of nitrogen functional groups attached to an aromatic ring is 1. The normalized spacial score (nSPS) is 18.2. The molecule has 2 aromatic rings. The number of anilines is 2. The van der Waals surface area contributed by atoms with Gasteiger partial charge in [-0.3, -0.25) is 0 Å². The first-order valence-electron chi connectivity index (χ1n) is 6.61. The number of benzene rings is 1. The lowest BCUT2D eigenvalue weighted by atomic mass is 10.0. The van der Waals surface area contributed by atoms with E-state index in [1.54, 1.807) is 0 Å². The lowest BCUT2D eigenvalue weighted by molar-refractivity contribution is -0.140. The number of rotatable bonds is 1. The monoisotopic (exact) mass is 296 g/mol. The van der Waals surface area contributed by atoms with Gasteiger partial charge in [0.05, 0.1) is 6.04 Å². The van der Waals surface area contributed by atoms with Crippen molar-refractivity contribution in [2.45, 2.75) is 32.1 Å². The quantitative estimate of drug-likeness (QED) is 0.793. The van der Waals surface area contributed by atoms with Gasteiger partial charge in [-0.05, 0) is 30.5 Å². The molecule has 7 heteroatoms. The topological polar surface area (TPSA) is 55.9 Å². The molecule has 112 valence electrons. The Bertz CT molecular complexity index is 675. The van der Waals surface area contributed by atoms with Gasteiger partial charge in [0.1, 0.15) is 0 Å². The zero-order valence-corrected chi connectivity index (χ0v) is 11.4. The van der Waals surface area contributed by atoms with Crippen LogP contribution in [0.25, 0.3) is 0 Å². The number of imidazole rings is 1. The SMILES string of the molecule is Cc1ccc(C2CCn3cc(C(F)(F)F)nc3N2)cc1N. The lowest BCUT2D eigenvalue weighted by Crippen LogP contribution is -2.22. The van der Waals surface area contributed by atoms with Crippen molar-refractivity contribution in [3.8, 4) is 0 Å². The van der Waals surface area contributed by atoms with Crippen LogP contribution in [0.2, 0.25) is 0 Å². The molecule has 1 aromatic carbocycles. The number of fused-ring (bicyclic) bond motifs is 1. The second-order valence-electron chi connectivity index (χ2n) is 5.24. The molecule has 3 rings (SSSR count). The zero-order valence-electron chi connectivity index (χ0n) is 11.4. The fraction of sp³-hybridized carbons (Fsp3) is 0.357. The number of alkyl halides is 3. The zero-order chi connectivity index (χ0) is 15.2. The summed E-state index contributed by atoms with van der Waals surface area (Å²) in [6, 6.07) is 5.63. The van der Waals surface area contributed by atoms with E-state index in [-0.39, 0.29) is 12.0 Å². The number of hydrogen-bond acceptors (Lipinski definition) is 3. The molecule has 1 aromatic heterocycles. The number of nitrogens with zero attached hydrogens (tertiary/aromatic N) is 2. The largest absolute Gasteiger partial charge is 0.434 e. The molecule has 1 aliphatic rings. The van der Waals surface area contributed by atoms with Gasteiger partial charge in [0.25, 0.3) is 0 Å². The lowest BCUT2D eigenvalue weighted by Gasteiger charge is -2.26. The van der Waals surface area contributed by atoms with E-state index in [0.29, 0.717) is 18.7 Å². The number of nitrogens with one attached hydrogen (secondary N) is 1. The molecule has 1 atom stereocenters. The molecule has 0 saturated heterocycles. The first kappa shape index (κ1) is 13.8. The van der Waals surface area contributed by atoms with Crippen molar-refractivity contribution >= 4 is 11.6 Å². The Balaban J connectivity index is 1.87. The maximum atomic E-state index is 12.7. The standard InChI is InChI=1S/C14H15F3N4/c1-8-2-3-9(6-10(8)18)11-4-5-21-7-12(14(15,16)17)20-13(21)19-11/h2-3,6-7,11H,4-5,18H2,1H3,(H,19,20). The van der Waals surface area contributed by atoms with Gasteiger partial charge >= 0.3 is 6.18 Å². The van der Waals surface area contributed by atoms with Gasteiger partial charge in [-0.15, -0.1) is 0 Å². The molecular weight excluding hydrogens is 281 g/mol. The van der Waals surface area contributed by atoms with Crippen LogP contribution in [0.5, 0.6) is 0 Å². The molecule has 0 amide bonds. The van der Waals surface area contributed by atoms with Gasteiger partial charge in [-0.25, -0.2) is 4.98 Å². The average Bonchev–Trinajstić information content (AvgIpc) is 2.85. The number of halogens is 3. The number of hydrogen-bond donors (Lipinski definition) is 2. The molecule has 3 N–H and O–H groups in total. The molecule has 1 unspecified atom stereocenters. The van der Waals surface area contributed by atoms with E-state index in [9.17, 15) is 13.2 Å². The van der Waals surface area contributed by atoms with Crippen molar-refractivity contribution in [2.75, 3.05) is 11.1 Å². The maximum Gasteiger partial charge on any atom is 0.434 e. The van der Waals surface area contributed by atoms with E-state index in [1.165, 1.54) is 4.57 Å². The van der Waals surface area contributed by atoms with Gasteiger partial charge in [0.2, 0.25) is 5.95 Å². The summed E-state index contributed by atoms with van der Waals surface area (Å²) in [7, 11) is 0. The third-order valence-electron chi connectivity index (χ3n) is 3.73. The Morgan fingerprint density at radius 1 is 1.38 bits per heavy atom. The second-order valence-corrected chi connectivity index (χ2v) is 5.24. The van der Waals surface area contributed by atoms with Gasteiger partial charge in [-0.1, -0.05) is 12.1 Å². The van der Waals surface area contributed by atoms with Gasteiger partial charge in [-0.2, -0.15) is 13.2 Å². The molecule has 0 bridgehead atoms. The van der Waals surface area contributed by atoms with Gasteiger partial charge < -0.3 is 15.6 Å². The van der Waals surface area contributed by atoms with Crippen molar-refractivity contribution in [2.24, 2.45) is 0 Å². The third-order valence-corrected chi connectivity index (χ3v) is 3.73. The molecule has 0 fully saturated rings. The van der Waals surface area contributed by atoms with Crippen molar-refractivity contribution < 1.29 is 13.2 Å². The minimum absolute atomic E-state index is 0.0797. The van der Waals surface area contributed by atoms with Crippen LogP contribution in [-0.2, 0) is 12.7 Å². The van der Waals surface area contributed by atoms with Crippen LogP contribution in [0.3, 0.4) is 0 Å². The molecule has 0 aliphatic carbocycles. The van der Waals surface area contributed by atoms with Crippen LogP contribution in [0, 0.1) is 6.92 Å². The minimum Gasteiger partial charge on any atom is -0.399 e. The molecule has 2 heterocycles. The summed E-state index contributed by atoms with van der Waals surface area (Å²) >= 11 is 0. The summed E-state index contributed by atoms with van der Waals surface area (Å²) in [6.45, 7) is 2.40. The van der Waals surface area contributed by atoms with Crippen molar-refractivity contribution in [3.05, 3.63) is 41.2 Å². The third kappa shape index (κ3) is 2.55. The predicted molar refractivity (Wildman–Crippen MR) is 73.8 cm³/mol. The number of nitrogens with two attached hydrogens (primary N) is 1. The fourth-order valence-corrected chi connectivity index (χ4v) is 2.46. The second kappa shape index (κ2) is 4.68. The molecular formula is C14H15F3N4. The van der Waals surface area contributed by atoms with E-state index in [4.69, 9.17) is 5.73 Å². The molecule has 0 saturated carbocycles. The summed E-state index contributed by atoms with van der Waals surface area (Å²) in [5.74, 6) is 0.248. The van der Waals surface area contributed by atoms with Crippen molar-refractivity contribution in [3.63, 3.8) is 0 Å². The first-order valence-corrected chi connectivity index (χ1v) is 6.61. The van der Waals surface area contributed by atoms with Crippen LogP contribution in [0.1, 0.15) is 29.3 Å². The smallest absolute Gasteiger partial charge is 0.399 e. The molecule has 4 nitrogen and oxygen atoms in total. The first-order chi connectivity index (χ1) is 9.84. The van der Waals surface area contributed by atoms with Crippen molar-refractivity contribution in [1.82, 2.24) is 9.55 Å². The highest BCUT2D eigenvalue weighted by Gasteiger charge is 2.36. The highest BCUT2D eigenvalue weighted by atomic mass is 19.4. The Hall–Kier alpha value is -2.18. The van der Waals surface area contributed by atoms with Crippen LogP contribution < -0.4 is 11.1 Å². The molecule has 1 aliphatic heterocycles. The Kier molecular flexibility index (Phi) is 3.07. The van der Waals surface area contributed by atoms with E-state index < -0.39 is 11.9 Å². The van der Waals surface area contributed by atoms with Gasteiger partial charge in [0.15, 0.2) is 5.69 Å². The van der Waals surface area contributed by atoms with Crippen LogP contribution in [0.4, 0.5) is 24.8 Å².